The van der Waals surface area contributed by atoms with E-state index in [0.717, 1.165) is 18.5 Å². The summed E-state index contributed by atoms with van der Waals surface area (Å²) in [7, 11) is 0. The molecule has 1 rings (SSSR count). The Bertz CT molecular complexity index is 424. The van der Waals surface area contributed by atoms with E-state index >= 15 is 0 Å². The van der Waals surface area contributed by atoms with Gasteiger partial charge in [0.15, 0.2) is 0 Å². The maximum Gasteiger partial charge on any atom is 0.270 e. The number of nitrogens with one attached hydrogen (secondary N) is 1. The van der Waals surface area contributed by atoms with Gasteiger partial charge in [0.1, 0.15) is 12.4 Å². The van der Waals surface area contributed by atoms with Gasteiger partial charge in [0.25, 0.3) is 5.69 Å². The summed E-state index contributed by atoms with van der Waals surface area (Å²) in [5.74, 6) is 0.666. The van der Waals surface area contributed by atoms with Crippen molar-refractivity contribution in [1.82, 2.24) is 5.32 Å². The van der Waals surface area contributed by atoms with Gasteiger partial charge in [-0.25, -0.2) is 0 Å². The van der Waals surface area contributed by atoms with Crippen molar-refractivity contribution in [3.05, 3.63) is 33.9 Å². The van der Waals surface area contributed by atoms with E-state index in [1.54, 1.807) is 12.1 Å². The number of rotatable bonds is 10. The number of nitro benzene ring substituents is 1. The van der Waals surface area contributed by atoms with E-state index in [-0.39, 0.29) is 5.69 Å². The molecule has 20 heavy (non-hydrogen) atoms. The van der Waals surface area contributed by atoms with E-state index < -0.39 is 4.92 Å². The Hall–Kier alpha value is -1.66. The lowest BCUT2D eigenvalue weighted by atomic mass is 10.1. The van der Waals surface area contributed by atoms with Gasteiger partial charge in [0.2, 0.25) is 0 Å². The molecule has 0 radical (unpaired) electrons. The molecule has 0 bridgehead atoms. The Labute approximate surface area is 119 Å². The van der Waals surface area contributed by atoms with Crippen molar-refractivity contribution in [3.63, 3.8) is 0 Å². The third kappa shape index (κ3) is 5.54. The van der Waals surface area contributed by atoms with Gasteiger partial charge in [-0.15, -0.1) is 0 Å². The van der Waals surface area contributed by atoms with Crippen LogP contribution in [0.3, 0.4) is 0 Å². The molecule has 0 saturated carbocycles. The zero-order valence-electron chi connectivity index (χ0n) is 12.1. The first kappa shape index (κ1) is 16.4. The van der Waals surface area contributed by atoms with E-state index in [0.29, 0.717) is 32.1 Å². The Morgan fingerprint density at radius 1 is 1.30 bits per heavy atom. The average Bonchev–Trinajstić information content (AvgIpc) is 2.44. The van der Waals surface area contributed by atoms with Gasteiger partial charge in [0.05, 0.1) is 11.5 Å². The van der Waals surface area contributed by atoms with Crippen molar-refractivity contribution in [2.45, 2.75) is 26.8 Å². The summed E-state index contributed by atoms with van der Waals surface area (Å²) in [6.45, 7) is 7.00. The largest absolute Gasteiger partial charge is 0.491 e. The molecule has 1 aromatic rings. The van der Waals surface area contributed by atoms with Crippen molar-refractivity contribution in [1.29, 1.82) is 0 Å². The number of hydrogen-bond acceptors (Lipinski definition) is 5. The molecular formula is C14H22N2O4. The number of nitrogens with zero attached hydrogens (tertiary/aromatic N) is 1. The van der Waals surface area contributed by atoms with Crippen LogP contribution in [0.2, 0.25) is 0 Å². The number of non-ortho nitro benzene ring substituents is 1. The molecule has 0 aliphatic rings. The van der Waals surface area contributed by atoms with Gasteiger partial charge in [0, 0.05) is 30.8 Å². The van der Waals surface area contributed by atoms with Crippen LogP contribution in [0.15, 0.2) is 18.2 Å². The number of hydrogen-bond donors (Lipinski definition) is 1. The molecule has 0 heterocycles. The topological polar surface area (TPSA) is 73.6 Å². The van der Waals surface area contributed by atoms with Crippen LogP contribution in [-0.2, 0) is 11.3 Å². The smallest absolute Gasteiger partial charge is 0.270 e. The second-order valence-corrected chi connectivity index (χ2v) is 4.27. The van der Waals surface area contributed by atoms with Gasteiger partial charge >= 0.3 is 0 Å². The first-order chi connectivity index (χ1) is 9.69. The monoisotopic (exact) mass is 282 g/mol. The maximum absolute atomic E-state index is 10.8. The van der Waals surface area contributed by atoms with Crippen LogP contribution in [0.5, 0.6) is 5.75 Å². The Kier molecular flexibility index (Phi) is 7.60. The molecule has 0 unspecified atom stereocenters. The van der Waals surface area contributed by atoms with E-state index in [9.17, 15) is 10.1 Å². The van der Waals surface area contributed by atoms with Crippen LogP contribution in [0.25, 0.3) is 0 Å². The van der Waals surface area contributed by atoms with E-state index in [1.165, 1.54) is 6.07 Å². The van der Waals surface area contributed by atoms with Crippen molar-refractivity contribution in [2.75, 3.05) is 26.4 Å². The molecule has 0 atom stereocenters. The molecule has 6 nitrogen and oxygen atoms in total. The zero-order valence-corrected chi connectivity index (χ0v) is 12.1. The Morgan fingerprint density at radius 3 is 2.75 bits per heavy atom. The highest BCUT2D eigenvalue weighted by Crippen LogP contribution is 2.24. The summed E-state index contributed by atoms with van der Waals surface area (Å²) < 4.78 is 10.8. The predicted molar refractivity (Wildman–Crippen MR) is 77.1 cm³/mol. The molecule has 0 aliphatic carbocycles. The van der Waals surface area contributed by atoms with Gasteiger partial charge < -0.3 is 14.8 Å². The maximum atomic E-state index is 10.8. The van der Waals surface area contributed by atoms with E-state index in [1.807, 2.05) is 6.92 Å². The molecule has 0 spiro atoms. The van der Waals surface area contributed by atoms with Gasteiger partial charge in [-0.2, -0.15) is 0 Å². The molecular weight excluding hydrogens is 260 g/mol. The predicted octanol–water partition coefficient (Wildman–Crippen LogP) is 2.51. The van der Waals surface area contributed by atoms with Crippen LogP contribution >= 0.6 is 0 Å². The highest BCUT2D eigenvalue weighted by Gasteiger charge is 2.11. The highest BCUT2D eigenvalue weighted by molar-refractivity contribution is 5.43. The van der Waals surface area contributed by atoms with Gasteiger partial charge in [-0.3, -0.25) is 10.1 Å². The quantitative estimate of drug-likeness (QED) is 0.405. The minimum atomic E-state index is -0.396. The van der Waals surface area contributed by atoms with Crippen LogP contribution < -0.4 is 10.1 Å². The van der Waals surface area contributed by atoms with E-state index in [2.05, 4.69) is 12.2 Å². The van der Waals surface area contributed by atoms with Gasteiger partial charge in [-0.1, -0.05) is 6.92 Å². The average molecular weight is 282 g/mol. The minimum absolute atomic E-state index is 0.0791. The minimum Gasteiger partial charge on any atom is -0.491 e. The van der Waals surface area contributed by atoms with E-state index in [4.69, 9.17) is 9.47 Å². The molecule has 1 aromatic carbocycles. The van der Waals surface area contributed by atoms with Crippen molar-refractivity contribution >= 4 is 5.69 Å². The lowest BCUT2D eigenvalue weighted by Crippen LogP contribution is -2.15. The molecule has 0 saturated heterocycles. The van der Waals surface area contributed by atoms with Crippen molar-refractivity contribution in [3.8, 4) is 5.75 Å². The first-order valence-corrected chi connectivity index (χ1v) is 6.87. The summed E-state index contributed by atoms with van der Waals surface area (Å²) in [5.41, 5.74) is 0.875. The molecule has 1 N–H and O–H groups in total. The Balaban J connectivity index is 2.71. The summed E-state index contributed by atoms with van der Waals surface area (Å²) in [5, 5.41) is 14.0. The molecule has 0 aromatic heterocycles. The summed E-state index contributed by atoms with van der Waals surface area (Å²) in [6.07, 6.45) is 1.01. The SMILES string of the molecule is CCCNCc1cc([N+](=O)[O-])ccc1OCCOCC. The van der Waals surface area contributed by atoms with Crippen LogP contribution in [0.1, 0.15) is 25.8 Å². The third-order valence-corrected chi connectivity index (χ3v) is 2.69. The molecule has 0 aliphatic heterocycles. The molecule has 0 amide bonds. The summed E-state index contributed by atoms with van der Waals surface area (Å²) >= 11 is 0. The molecule has 6 heteroatoms. The van der Waals surface area contributed by atoms with Crippen LogP contribution in [0.4, 0.5) is 5.69 Å². The molecule has 0 fully saturated rings. The van der Waals surface area contributed by atoms with Crippen molar-refractivity contribution < 1.29 is 14.4 Å². The Morgan fingerprint density at radius 2 is 2.10 bits per heavy atom. The summed E-state index contributed by atoms with van der Waals surface area (Å²) in [4.78, 5) is 10.4. The number of ether oxygens (including phenoxy) is 2. The fraction of sp³-hybridized carbons (Fsp3) is 0.571. The third-order valence-electron chi connectivity index (χ3n) is 2.69. The van der Waals surface area contributed by atoms with Gasteiger partial charge in [-0.05, 0) is 26.0 Å². The highest BCUT2D eigenvalue weighted by atomic mass is 16.6. The fourth-order valence-corrected chi connectivity index (χ4v) is 1.71. The van der Waals surface area contributed by atoms with Crippen LogP contribution in [-0.4, -0.2) is 31.3 Å². The lowest BCUT2D eigenvalue weighted by Gasteiger charge is -2.12. The zero-order chi connectivity index (χ0) is 14.8. The first-order valence-electron chi connectivity index (χ1n) is 6.87. The normalized spacial score (nSPS) is 10.5. The summed E-state index contributed by atoms with van der Waals surface area (Å²) in [6, 6.07) is 4.66. The second-order valence-electron chi connectivity index (χ2n) is 4.27. The van der Waals surface area contributed by atoms with Crippen molar-refractivity contribution in [2.24, 2.45) is 0 Å². The van der Waals surface area contributed by atoms with Crippen LogP contribution in [0, 0.1) is 10.1 Å². The number of benzene rings is 1. The fourth-order valence-electron chi connectivity index (χ4n) is 1.71. The second kappa shape index (κ2) is 9.28. The lowest BCUT2D eigenvalue weighted by molar-refractivity contribution is -0.384. The standard InChI is InChI=1S/C14H22N2O4/c1-3-7-15-11-12-10-13(16(17)18)5-6-14(12)20-9-8-19-4-2/h5-6,10,15H,3-4,7-9,11H2,1-2H3. The molecule has 112 valence electrons. The number of nitro groups is 1.